The zero-order valence-corrected chi connectivity index (χ0v) is 23.9. The summed E-state index contributed by atoms with van der Waals surface area (Å²) in [6.45, 7) is 1.15. The molecule has 4 N–H and O–H groups in total. The molecule has 4 rings (SSSR count). The third kappa shape index (κ3) is 9.99. The summed E-state index contributed by atoms with van der Waals surface area (Å²) in [5, 5.41) is 16.3. The monoisotopic (exact) mass is 619 g/mol. The highest BCUT2D eigenvalue weighted by molar-refractivity contribution is 6.31. The minimum Gasteiger partial charge on any atom is -0.393 e. The number of benzene rings is 2. The Morgan fingerprint density at radius 1 is 1.02 bits per heavy atom. The van der Waals surface area contributed by atoms with Crippen LogP contribution in [0.2, 0.25) is 5.02 Å². The average Bonchev–Trinajstić information content (AvgIpc) is 3.44. The molecule has 0 unspecified atom stereocenters. The molecule has 2 aromatic carbocycles. The number of aliphatic hydroxyl groups is 1. The molecule has 2 aliphatic rings. The van der Waals surface area contributed by atoms with E-state index < -0.39 is 41.7 Å². The van der Waals surface area contributed by atoms with Gasteiger partial charge in [0, 0.05) is 56.9 Å². The number of nitrogens with one attached hydrogen (secondary N) is 3. The largest absolute Gasteiger partial charge is 0.393 e. The molecule has 14 heteroatoms. The lowest BCUT2D eigenvalue weighted by atomic mass is 10.1. The second-order valence-electron chi connectivity index (χ2n) is 10.1. The highest BCUT2D eigenvalue weighted by atomic mass is 35.5. The van der Waals surface area contributed by atoms with E-state index in [2.05, 4.69) is 16.0 Å². The summed E-state index contributed by atoms with van der Waals surface area (Å²) in [5.41, 5.74) is 0.134. The van der Waals surface area contributed by atoms with Gasteiger partial charge in [0.1, 0.15) is 0 Å². The van der Waals surface area contributed by atoms with Crippen LogP contribution in [0, 0.1) is 11.6 Å². The van der Waals surface area contributed by atoms with Gasteiger partial charge in [-0.15, -0.1) is 0 Å². The summed E-state index contributed by atoms with van der Waals surface area (Å²) in [4.78, 5) is 27.6. The van der Waals surface area contributed by atoms with E-state index >= 15 is 0 Å². The zero-order valence-electron chi connectivity index (χ0n) is 23.2. The van der Waals surface area contributed by atoms with Gasteiger partial charge >= 0.3 is 12.2 Å². The van der Waals surface area contributed by atoms with Gasteiger partial charge in [-0.2, -0.15) is 13.2 Å². The van der Waals surface area contributed by atoms with E-state index in [1.807, 2.05) is 4.90 Å². The summed E-state index contributed by atoms with van der Waals surface area (Å²) >= 11 is 6.13. The smallest absolute Gasteiger partial charge is 0.390 e. The third-order valence-corrected chi connectivity index (χ3v) is 7.27. The van der Waals surface area contributed by atoms with E-state index in [1.165, 1.54) is 38.1 Å². The number of aliphatic hydroxyl groups excluding tert-OH is 1. The molecule has 0 atom stereocenters. The summed E-state index contributed by atoms with van der Waals surface area (Å²) < 4.78 is 66.7. The fourth-order valence-electron chi connectivity index (χ4n) is 4.63. The molecule has 0 aromatic heterocycles. The van der Waals surface area contributed by atoms with Crippen LogP contribution in [-0.2, 0) is 6.54 Å². The van der Waals surface area contributed by atoms with Crippen LogP contribution in [0.3, 0.4) is 0 Å². The van der Waals surface area contributed by atoms with Gasteiger partial charge in [0.15, 0.2) is 11.6 Å². The third-order valence-electron chi connectivity index (χ3n) is 7.03. The Morgan fingerprint density at radius 3 is 2.26 bits per heavy atom. The van der Waals surface area contributed by atoms with Crippen LogP contribution >= 0.6 is 11.6 Å². The first-order valence-electron chi connectivity index (χ1n) is 13.6. The second-order valence-corrected chi connectivity index (χ2v) is 10.5. The van der Waals surface area contributed by atoms with Crippen molar-refractivity contribution < 1.29 is 36.6 Å². The fourth-order valence-corrected chi connectivity index (χ4v) is 4.79. The van der Waals surface area contributed by atoms with Gasteiger partial charge < -0.3 is 26.0 Å². The maximum absolute atomic E-state index is 14.7. The number of urea groups is 1. The van der Waals surface area contributed by atoms with Gasteiger partial charge in [-0.1, -0.05) is 30.5 Å². The van der Waals surface area contributed by atoms with Gasteiger partial charge in [0.2, 0.25) is 0 Å². The number of rotatable bonds is 7. The Balaban J connectivity index is 0.000000715. The lowest BCUT2D eigenvalue weighted by molar-refractivity contribution is -0.138. The van der Waals surface area contributed by atoms with Crippen molar-refractivity contribution in [3.63, 3.8) is 0 Å². The van der Waals surface area contributed by atoms with Crippen LogP contribution in [-0.4, -0.2) is 74.0 Å². The summed E-state index contributed by atoms with van der Waals surface area (Å²) in [7, 11) is 1.37. The molecule has 0 spiro atoms. The Bertz CT molecular complexity index is 1220. The maximum Gasteiger partial charge on any atom is 0.390 e. The van der Waals surface area contributed by atoms with Crippen molar-refractivity contribution in [1.82, 2.24) is 15.5 Å². The van der Waals surface area contributed by atoms with E-state index in [0.717, 1.165) is 18.9 Å². The van der Waals surface area contributed by atoms with Crippen LogP contribution in [0.1, 0.15) is 48.0 Å². The SMILES string of the molecule is CNC(=O)NCc1ccc(C(=O)Nc2ccc(Cl)cc2N2CCN(CCC(F)(F)F)CC2)c(F)c1F.OC1CCCC1. The summed E-state index contributed by atoms with van der Waals surface area (Å²) in [5.74, 6) is -3.52. The molecule has 8 nitrogen and oxygen atoms in total. The Kier molecular flexibility index (Phi) is 12.2. The molecule has 1 saturated heterocycles. The van der Waals surface area contributed by atoms with Crippen molar-refractivity contribution >= 4 is 34.9 Å². The Hall–Kier alpha value is -3.16. The molecule has 0 bridgehead atoms. The molecule has 1 aliphatic heterocycles. The predicted molar refractivity (Wildman–Crippen MR) is 151 cm³/mol. The zero-order chi connectivity index (χ0) is 30.9. The quantitative estimate of drug-likeness (QED) is 0.316. The number of nitrogens with zero attached hydrogens (tertiary/aromatic N) is 2. The van der Waals surface area contributed by atoms with Crippen LogP contribution in [0.5, 0.6) is 0 Å². The molecular weight excluding hydrogens is 585 g/mol. The minimum absolute atomic E-state index is 0.0463. The summed E-state index contributed by atoms with van der Waals surface area (Å²) in [6.07, 6.45) is -0.517. The lowest BCUT2D eigenvalue weighted by Crippen LogP contribution is -2.47. The van der Waals surface area contributed by atoms with Gasteiger partial charge in [-0.25, -0.2) is 13.6 Å². The van der Waals surface area contributed by atoms with E-state index in [0.29, 0.717) is 42.6 Å². The van der Waals surface area contributed by atoms with Gasteiger partial charge in [0.25, 0.3) is 5.91 Å². The van der Waals surface area contributed by atoms with Crippen molar-refractivity contribution in [1.29, 1.82) is 0 Å². The molecule has 232 valence electrons. The summed E-state index contributed by atoms with van der Waals surface area (Å²) in [6, 6.07) is 6.36. The molecule has 0 radical (unpaired) electrons. The highest BCUT2D eigenvalue weighted by Crippen LogP contribution is 2.31. The number of anilines is 2. The standard InChI is InChI=1S/C23H25ClF5N5O2.C5H10O/c1-30-22(36)31-13-14-2-4-16(20(26)19(14)25)21(35)32-17-5-3-15(24)12-18(17)34-10-8-33(9-11-34)7-6-23(27,28)29;6-5-3-1-2-4-5/h2-5,12H,6-11,13H2,1H3,(H,32,35)(H2,30,31,36);5-6H,1-4H2. The number of carbonyl (C=O) groups excluding carboxylic acids is 2. The molecule has 1 aliphatic carbocycles. The van der Waals surface area contributed by atoms with Crippen LogP contribution in [0.4, 0.5) is 38.1 Å². The molecule has 1 heterocycles. The Morgan fingerprint density at radius 2 is 1.69 bits per heavy atom. The number of hydrogen-bond donors (Lipinski definition) is 4. The van der Waals surface area contributed by atoms with E-state index in [4.69, 9.17) is 16.7 Å². The van der Waals surface area contributed by atoms with Crippen molar-refractivity contribution in [2.24, 2.45) is 0 Å². The molecule has 3 amide bonds. The molecule has 1 saturated carbocycles. The topological polar surface area (TPSA) is 96.9 Å². The molecular formula is C28H35ClF5N5O3. The second kappa shape index (κ2) is 15.4. The van der Waals surface area contributed by atoms with Crippen LogP contribution in [0.15, 0.2) is 30.3 Å². The predicted octanol–water partition coefficient (Wildman–Crippen LogP) is 5.30. The lowest BCUT2D eigenvalue weighted by Gasteiger charge is -2.37. The first kappa shape index (κ1) is 33.3. The van der Waals surface area contributed by atoms with Crippen molar-refractivity contribution in [3.8, 4) is 0 Å². The minimum atomic E-state index is -4.23. The van der Waals surface area contributed by atoms with Gasteiger partial charge in [-0.05, 0) is 37.1 Å². The molecule has 42 heavy (non-hydrogen) atoms. The van der Waals surface area contributed by atoms with E-state index in [1.54, 1.807) is 11.0 Å². The average molecular weight is 620 g/mol. The number of alkyl halides is 3. The molecule has 2 aromatic rings. The van der Waals surface area contributed by atoms with Gasteiger partial charge in [-0.3, -0.25) is 9.69 Å². The number of halogens is 6. The van der Waals surface area contributed by atoms with Crippen molar-refractivity contribution in [2.45, 2.75) is 50.9 Å². The highest BCUT2D eigenvalue weighted by Gasteiger charge is 2.29. The Labute approximate surface area is 246 Å². The normalized spacial score (nSPS) is 16.0. The number of amides is 3. The van der Waals surface area contributed by atoms with E-state index in [9.17, 15) is 31.5 Å². The number of hydrogen-bond acceptors (Lipinski definition) is 5. The first-order chi connectivity index (χ1) is 19.9. The van der Waals surface area contributed by atoms with Crippen molar-refractivity contribution in [2.75, 3.05) is 50.0 Å². The maximum atomic E-state index is 14.7. The van der Waals surface area contributed by atoms with Crippen LogP contribution < -0.4 is 20.9 Å². The number of carbonyl (C=O) groups is 2. The first-order valence-corrected chi connectivity index (χ1v) is 14.0. The van der Waals surface area contributed by atoms with Crippen molar-refractivity contribution in [3.05, 3.63) is 58.1 Å². The number of piperazine rings is 1. The van der Waals surface area contributed by atoms with E-state index in [-0.39, 0.29) is 24.8 Å². The molecule has 2 fully saturated rings. The van der Waals surface area contributed by atoms with Gasteiger partial charge in [0.05, 0.1) is 29.5 Å². The van der Waals surface area contributed by atoms with Crippen LogP contribution in [0.25, 0.3) is 0 Å². The fraction of sp³-hybridized carbons (Fsp3) is 0.500.